The van der Waals surface area contributed by atoms with Crippen LogP contribution in [-0.2, 0) is 0 Å². The smallest absolute Gasteiger partial charge is 0.315 e. The SMILES string of the molecule is CCN(CC)SC(=O)N(C)NC(=S)NC(C)(C)N=NC1CCCCC1. The lowest BCUT2D eigenvalue weighted by Crippen LogP contribution is -2.52. The molecule has 144 valence electrons. The number of hydrogen-bond donors (Lipinski definition) is 2. The first-order valence-electron chi connectivity index (χ1n) is 8.98. The molecule has 0 heterocycles. The Bertz CT molecular complexity index is 462. The first-order valence-corrected chi connectivity index (χ1v) is 10.2. The summed E-state index contributed by atoms with van der Waals surface area (Å²) in [7, 11) is 1.66. The molecule has 0 spiro atoms. The second-order valence-corrected chi connectivity index (χ2v) is 8.12. The number of nitrogens with one attached hydrogen (secondary N) is 2. The number of hydrogen-bond acceptors (Lipinski definition) is 6. The molecule has 0 radical (unpaired) electrons. The fourth-order valence-electron chi connectivity index (χ4n) is 2.48. The van der Waals surface area contributed by atoms with Crippen molar-refractivity contribution in [1.82, 2.24) is 20.1 Å². The monoisotopic (exact) mass is 388 g/mol. The van der Waals surface area contributed by atoms with Crippen molar-refractivity contribution in [2.75, 3.05) is 20.1 Å². The molecule has 0 aliphatic heterocycles. The average Bonchev–Trinajstić information content (AvgIpc) is 2.58. The lowest BCUT2D eigenvalue weighted by molar-refractivity contribution is 0.223. The van der Waals surface area contributed by atoms with Crippen LogP contribution in [0.3, 0.4) is 0 Å². The molecular formula is C16H32N6OS2. The molecule has 0 atom stereocenters. The standard InChI is InChI=1S/C16H32N6OS2/c1-6-22(7-2)25-15(23)21(5)19-14(24)17-16(3,4)20-18-13-11-9-8-10-12-13/h13H,6-12H2,1-5H3,(H2,17,19,24). The first kappa shape index (κ1) is 22.1. The van der Waals surface area contributed by atoms with Crippen LogP contribution in [0.5, 0.6) is 0 Å². The number of carbonyl (C=O) groups is 1. The fourth-order valence-corrected chi connectivity index (χ4v) is 3.51. The highest BCUT2D eigenvalue weighted by Gasteiger charge is 2.21. The van der Waals surface area contributed by atoms with Gasteiger partial charge in [-0.3, -0.25) is 10.2 Å². The third-order valence-electron chi connectivity index (χ3n) is 3.92. The molecule has 0 bridgehead atoms. The van der Waals surface area contributed by atoms with E-state index in [1.165, 1.54) is 36.2 Å². The van der Waals surface area contributed by atoms with Gasteiger partial charge in [0.05, 0.1) is 6.04 Å². The van der Waals surface area contributed by atoms with E-state index in [2.05, 4.69) is 21.0 Å². The van der Waals surface area contributed by atoms with Crippen molar-refractivity contribution in [3.63, 3.8) is 0 Å². The summed E-state index contributed by atoms with van der Waals surface area (Å²) < 4.78 is 1.97. The predicted molar refractivity (Wildman–Crippen MR) is 108 cm³/mol. The Morgan fingerprint density at radius 2 is 1.84 bits per heavy atom. The second-order valence-electron chi connectivity index (χ2n) is 6.66. The van der Waals surface area contributed by atoms with Crippen molar-refractivity contribution >= 4 is 34.5 Å². The van der Waals surface area contributed by atoms with Gasteiger partial charge in [-0.15, -0.1) is 0 Å². The fraction of sp³-hybridized carbons (Fsp3) is 0.875. The maximum Gasteiger partial charge on any atom is 0.315 e. The van der Waals surface area contributed by atoms with E-state index in [9.17, 15) is 4.79 Å². The summed E-state index contributed by atoms with van der Waals surface area (Å²) in [5, 5.41) is 13.6. The summed E-state index contributed by atoms with van der Waals surface area (Å²) in [4.78, 5) is 12.2. The van der Waals surface area contributed by atoms with E-state index in [0.29, 0.717) is 11.2 Å². The molecule has 0 aromatic rings. The van der Waals surface area contributed by atoms with Gasteiger partial charge < -0.3 is 5.32 Å². The Hall–Kier alpha value is -0.930. The highest BCUT2D eigenvalue weighted by atomic mass is 32.2. The van der Waals surface area contributed by atoms with Crippen molar-refractivity contribution in [3.8, 4) is 0 Å². The molecule has 25 heavy (non-hydrogen) atoms. The lowest BCUT2D eigenvalue weighted by atomic mass is 9.96. The second kappa shape index (κ2) is 10.9. The van der Waals surface area contributed by atoms with Gasteiger partial charge in [0.2, 0.25) is 0 Å². The van der Waals surface area contributed by atoms with Crippen LogP contribution in [0.1, 0.15) is 59.8 Å². The molecule has 1 saturated carbocycles. The van der Waals surface area contributed by atoms with Crippen LogP contribution in [0.15, 0.2) is 10.2 Å². The van der Waals surface area contributed by atoms with Crippen LogP contribution in [0, 0.1) is 0 Å². The minimum Gasteiger partial charge on any atom is -0.336 e. The summed E-state index contributed by atoms with van der Waals surface area (Å²) in [6.07, 6.45) is 5.99. The summed E-state index contributed by atoms with van der Waals surface area (Å²) in [6, 6.07) is 0.325. The van der Waals surface area contributed by atoms with E-state index >= 15 is 0 Å². The molecule has 7 nitrogen and oxygen atoms in total. The van der Waals surface area contributed by atoms with E-state index in [-0.39, 0.29) is 5.24 Å². The molecule has 1 fully saturated rings. The van der Waals surface area contributed by atoms with E-state index in [0.717, 1.165) is 25.9 Å². The molecule has 9 heteroatoms. The molecule has 0 unspecified atom stereocenters. The number of nitrogens with zero attached hydrogens (tertiary/aromatic N) is 4. The van der Waals surface area contributed by atoms with Crippen LogP contribution in [-0.4, -0.2) is 51.5 Å². The number of rotatable bonds is 6. The number of thiocarbonyl (C=S) groups is 1. The molecule has 1 amide bonds. The Morgan fingerprint density at radius 1 is 1.24 bits per heavy atom. The van der Waals surface area contributed by atoms with Crippen molar-refractivity contribution in [2.45, 2.75) is 71.5 Å². The zero-order valence-corrected chi connectivity index (χ0v) is 17.7. The molecule has 2 N–H and O–H groups in total. The summed E-state index contributed by atoms with van der Waals surface area (Å²) >= 11 is 6.47. The van der Waals surface area contributed by atoms with Crippen LogP contribution in [0.25, 0.3) is 0 Å². The van der Waals surface area contributed by atoms with Gasteiger partial charge in [0.15, 0.2) is 5.11 Å². The van der Waals surface area contributed by atoms with Gasteiger partial charge in [-0.05, 0) is 38.9 Å². The number of amides is 1. The zero-order valence-electron chi connectivity index (χ0n) is 16.0. The first-order chi connectivity index (χ1) is 11.8. The van der Waals surface area contributed by atoms with E-state index in [1.807, 2.05) is 32.0 Å². The number of hydrazine groups is 1. The van der Waals surface area contributed by atoms with Crippen molar-refractivity contribution < 1.29 is 4.79 Å². The van der Waals surface area contributed by atoms with Gasteiger partial charge >= 0.3 is 5.24 Å². The van der Waals surface area contributed by atoms with Crippen molar-refractivity contribution in [2.24, 2.45) is 10.2 Å². The largest absolute Gasteiger partial charge is 0.336 e. The molecule has 1 aliphatic rings. The van der Waals surface area contributed by atoms with Gasteiger partial charge in [0, 0.05) is 32.1 Å². The third-order valence-corrected chi connectivity index (χ3v) is 5.32. The minimum atomic E-state index is -0.614. The number of carbonyl (C=O) groups excluding carboxylic acids is 1. The topological polar surface area (TPSA) is 72.3 Å². The maximum absolute atomic E-state index is 12.2. The van der Waals surface area contributed by atoms with Gasteiger partial charge in [0.25, 0.3) is 0 Å². The summed E-state index contributed by atoms with van der Waals surface area (Å²) in [6.45, 7) is 9.47. The lowest BCUT2D eigenvalue weighted by Gasteiger charge is -2.27. The predicted octanol–water partition coefficient (Wildman–Crippen LogP) is 3.93. The Balaban J connectivity index is 2.44. The Labute approximate surface area is 161 Å². The highest BCUT2D eigenvalue weighted by Crippen LogP contribution is 2.21. The third kappa shape index (κ3) is 8.82. The summed E-state index contributed by atoms with van der Waals surface area (Å²) in [5.74, 6) is 0. The molecule has 0 aromatic carbocycles. The molecular weight excluding hydrogens is 356 g/mol. The normalized spacial score (nSPS) is 16.2. The minimum absolute atomic E-state index is 0.116. The van der Waals surface area contributed by atoms with Crippen LogP contribution < -0.4 is 10.7 Å². The van der Waals surface area contributed by atoms with Gasteiger partial charge in [-0.25, -0.2) is 9.31 Å². The molecule has 1 aliphatic carbocycles. The highest BCUT2D eigenvalue weighted by molar-refractivity contribution is 8.11. The van der Waals surface area contributed by atoms with Gasteiger partial charge in [0.1, 0.15) is 5.66 Å². The van der Waals surface area contributed by atoms with Gasteiger partial charge in [-0.1, -0.05) is 33.1 Å². The zero-order chi connectivity index (χ0) is 18.9. The maximum atomic E-state index is 12.2. The summed E-state index contributed by atoms with van der Waals surface area (Å²) in [5.41, 5.74) is 2.27. The quantitative estimate of drug-likeness (QED) is 0.311. The Morgan fingerprint density at radius 3 is 2.40 bits per heavy atom. The van der Waals surface area contributed by atoms with Crippen LogP contribution in [0.2, 0.25) is 0 Å². The van der Waals surface area contributed by atoms with E-state index in [1.54, 1.807) is 7.05 Å². The van der Waals surface area contributed by atoms with E-state index in [4.69, 9.17) is 12.2 Å². The average molecular weight is 389 g/mol. The van der Waals surface area contributed by atoms with Crippen LogP contribution in [0.4, 0.5) is 4.79 Å². The number of azo groups is 1. The van der Waals surface area contributed by atoms with Crippen molar-refractivity contribution in [1.29, 1.82) is 0 Å². The van der Waals surface area contributed by atoms with Gasteiger partial charge in [-0.2, -0.15) is 10.2 Å². The van der Waals surface area contributed by atoms with Crippen molar-refractivity contribution in [3.05, 3.63) is 0 Å². The van der Waals surface area contributed by atoms with Crippen LogP contribution >= 0.6 is 24.2 Å². The Kier molecular flexibility index (Phi) is 9.66. The molecule has 0 aromatic heterocycles. The van der Waals surface area contributed by atoms with E-state index < -0.39 is 5.66 Å². The molecule has 1 rings (SSSR count). The molecule has 0 saturated heterocycles.